The average Bonchev–Trinajstić information content (AvgIpc) is 2.50. The molecule has 0 aromatic heterocycles. The van der Waals surface area contributed by atoms with Crippen LogP contribution in [0.5, 0.6) is 5.75 Å². The molecule has 0 fully saturated rings. The molecule has 0 amide bonds. The molecule has 0 bridgehead atoms. The van der Waals surface area contributed by atoms with Crippen LogP contribution in [-0.2, 0) is 13.1 Å². The third kappa shape index (κ3) is 1.10. The second-order valence-corrected chi connectivity index (χ2v) is 2.67. The summed E-state index contributed by atoms with van der Waals surface area (Å²) in [6.45, 7) is 1.73. The van der Waals surface area contributed by atoms with E-state index in [9.17, 15) is 0 Å². The van der Waals surface area contributed by atoms with Crippen LogP contribution in [0, 0.1) is 0 Å². The summed E-state index contributed by atoms with van der Waals surface area (Å²) in [5.41, 5.74) is 2.65. The molecular formula is C9H10NO. The summed E-state index contributed by atoms with van der Waals surface area (Å²) in [7, 11) is 1.69. The molecule has 1 aromatic carbocycles. The quantitative estimate of drug-likeness (QED) is 0.589. The number of methoxy groups -OCH3 is 1. The Balaban J connectivity index is 2.41. The van der Waals surface area contributed by atoms with E-state index in [0.29, 0.717) is 0 Å². The molecular weight excluding hydrogens is 138 g/mol. The minimum Gasteiger partial charge on any atom is -0.497 e. The first-order valence-corrected chi connectivity index (χ1v) is 3.69. The Morgan fingerprint density at radius 2 is 2.09 bits per heavy atom. The predicted octanol–water partition coefficient (Wildman–Crippen LogP) is 1.31. The Morgan fingerprint density at radius 1 is 1.27 bits per heavy atom. The standard InChI is InChI=1S/C9H10NO/c1-11-9-3-2-7-5-10-6-8(7)4-9/h2-4H,5-6H2,1H3. The Labute approximate surface area is 66.2 Å². The number of fused-ring (bicyclic) bond motifs is 1. The molecule has 57 valence electrons. The fraction of sp³-hybridized carbons (Fsp3) is 0.333. The molecule has 2 nitrogen and oxygen atoms in total. The average molecular weight is 148 g/mol. The zero-order valence-electron chi connectivity index (χ0n) is 6.50. The van der Waals surface area contributed by atoms with Crippen LogP contribution >= 0.6 is 0 Å². The first-order valence-electron chi connectivity index (χ1n) is 3.69. The highest BCUT2D eigenvalue weighted by Crippen LogP contribution is 2.21. The molecule has 0 saturated carbocycles. The number of hydrogen-bond donors (Lipinski definition) is 0. The molecule has 1 radical (unpaired) electrons. The van der Waals surface area contributed by atoms with Crippen LogP contribution < -0.4 is 10.1 Å². The number of rotatable bonds is 1. The summed E-state index contributed by atoms with van der Waals surface area (Å²) >= 11 is 0. The normalized spacial score (nSPS) is 14.6. The zero-order chi connectivity index (χ0) is 7.68. The predicted molar refractivity (Wildman–Crippen MR) is 42.5 cm³/mol. The molecule has 1 aliphatic rings. The van der Waals surface area contributed by atoms with Gasteiger partial charge in [-0.25, -0.2) is 5.32 Å². The van der Waals surface area contributed by atoms with Crippen molar-refractivity contribution in [3.8, 4) is 5.75 Å². The van der Waals surface area contributed by atoms with Crippen LogP contribution in [0.3, 0.4) is 0 Å². The topological polar surface area (TPSA) is 23.3 Å². The van der Waals surface area contributed by atoms with Crippen molar-refractivity contribution in [2.75, 3.05) is 7.11 Å². The van der Waals surface area contributed by atoms with Gasteiger partial charge in [-0.15, -0.1) is 0 Å². The van der Waals surface area contributed by atoms with E-state index in [4.69, 9.17) is 4.74 Å². The van der Waals surface area contributed by atoms with Crippen molar-refractivity contribution in [3.63, 3.8) is 0 Å². The van der Waals surface area contributed by atoms with E-state index in [0.717, 1.165) is 18.8 Å². The van der Waals surface area contributed by atoms with Crippen LogP contribution in [-0.4, -0.2) is 7.11 Å². The summed E-state index contributed by atoms with van der Waals surface area (Å²) in [5.74, 6) is 0.931. The zero-order valence-corrected chi connectivity index (χ0v) is 6.50. The van der Waals surface area contributed by atoms with Gasteiger partial charge in [0.1, 0.15) is 5.75 Å². The maximum Gasteiger partial charge on any atom is 0.119 e. The number of ether oxygens (including phenoxy) is 1. The van der Waals surface area contributed by atoms with Crippen LogP contribution in [0.25, 0.3) is 0 Å². The second-order valence-electron chi connectivity index (χ2n) is 2.67. The van der Waals surface area contributed by atoms with Gasteiger partial charge in [-0.05, 0) is 23.3 Å². The van der Waals surface area contributed by atoms with Crippen molar-refractivity contribution in [2.45, 2.75) is 13.1 Å². The van der Waals surface area contributed by atoms with Gasteiger partial charge in [0.15, 0.2) is 0 Å². The number of benzene rings is 1. The minimum atomic E-state index is 0.854. The van der Waals surface area contributed by atoms with Crippen molar-refractivity contribution >= 4 is 0 Å². The largest absolute Gasteiger partial charge is 0.497 e. The first kappa shape index (κ1) is 6.68. The van der Waals surface area contributed by atoms with E-state index in [-0.39, 0.29) is 0 Å². The lowest BCUT2D eigenvalue weighted by molar-refractivity contribution is 0.414. The van der Waals surface area contributed by atoms with Crippen molar-refractivity contribution in [1.82, 2.24) is 5.32 Å². The van der Waals surface area contributed by atoms with Crippen LogP contribution in [0.2, 0.25) is 0 Å². The molecule has 1 aliphatic heterocycles. The Bertz CT molecular complexity index is 270. The Hall–Kier alpha value is -1.02. The molecule has 0 unspecified atom stereocenters. The molecule has 0 atom stereocenters. The fourth-order valence-electron chi connectivity index (χ4n) is 1.33. The van der Waals surface area contributed by atoms with Crippen molar-refractivity contribution in [3.05, 3.63) is 29.3 Å². The number of nitrogens with zero attached hydrogens (tertiary/aromatic N) is 1. The molecule has 2 rings (SSSR count). The van der Waals surface area contributed by atoms with Gasteiger partial charge in [-0.1, -0.05) is 6.07 Å². The maximum atomic E-state index is 5.10. The van der Waals surface area contributed by atoms with Gasteiger partial charge in [0.05, 0.1) is 7.11 Å². The van der Waals surface area contributed by atoms with Crippen LogP contribution in [0.4, 0.5) is 0 Å². The lowest BCUT2D eigenvalue weighted by atomic mass is 10.1. The van der Waals surface area contributed by atoms with E-state index < -0.39 is 0 Å². The smallest absolute Gasteiger partial charge is 0.119 e. The third-order valence-electron chi connectivity index (χ3n) is 1.98. The molecule has 0 spiro atoms. The molecule has 2 heteroatoms. The molecule has 1 aromatic rings. The summed E-state index contributed by atoms with van der Waals surface area (Å²) in [6, 6.07) is 6.14. The minimum absolute atomic E-state index is 0.854. The van der Waals surface area contributed by atoms with Gasteiger partial charge in [0, 0.05) is 13.1 Å². The molecule has 11 heavy (non-hydrogen) atoms. The van der Waals surface area contributed by atoms with Gasteiger partial charge in [0.2, 0.25) is 0 Å². The van der Waals surface area contributed by atoms with Gasteiger partial charge in [-0.2, -0.15) is 0 Å². The van der Waals surface area contributed by atoms with E-state index in [2.05, 4.69) is 17.4 Å². The highest BCUT2D eigenvalue weighted by molar-refractivity contribution is 5.37. The molecule has 0 saturated heterocycles. The second kappa shape index (κ2) is 2.55. The summed E-state index contributed by atoms with van der Waals surface area (Å²) < 4.78 is 5.10. The fourth-order valence-corrected chi connectivity index (χ4v) is 1.33. The lowest BCUT2D eigenvalue weighted by Gasteiger charge is -2.01. The maximum absolute atomic E-state index is 5.10. The van der Waals surface area contributed by atoms with E-state index in [1.807, 2.05) is 6.07 Å². The van der Waals surface area contributed by atoms with Crippen LogP contribution in [0.1, 0.15) is 11.1 Å². The molecule has 1 heterocycles. The monoisotopic (exact) mass is 148 g/mol. The van der Waals surface area contributed by atoms with Crippen LogP contribution in [0.15, 0.2) is 18.2 Å². The van der Waals surface area contributed by atoms with Gasteiger partial charge in [-0.3, -0.25) is 0 Å². The van der Waals surface area contributed by atoms with Crippen molar-refractivity contribution in [1.29, 1.82) is 0 Å². The summed E-state index contributed by atoms with van der Waals surface area (Å²) in [6.07, 6.45) is 0. The lowest BCUT2D eigenvalue weighted by Crippen LogP contribution is -1.88. The highest BCUT2D eigenvalue weighted by Gasteiger charge is 2.10. The van der Waals surface area contributed by atoms with Gasteiger partial charge in [0.25, 0.3) is 0 Å². The molecule has 0 aliphatic carbocycles. The van der Waals surface area contributed by atoms with E-state index >= 15 is 0 Å². The van der Waals surface area contributed by atoms with Crippen molar-refractivity contribution in [2.24, 2.45) is 0 Å². The highest BCUT2D eigenvalue weighted by atomic mass is 16.5. The van der Waals surface area contributed by atoms with Gasteiger partial charge >= 0.3 is 0 Å². The third-order valence-corrected chi connectivity index (χ3v) is 1.98. The number of hydrogen-bond acceptors (Lipinski definition) is 1. The summed E-state index contributed by atoms with van der Waals surface area (Å²) in [5, 5.41) is 4.27. The van der Waals surface area contributed by atoms with E-state index in [1.165, 1.54) is 11.1 Å². The Morgan fingerprint density at radius 3 is 2.91 bits per heavy atom. The van der Waals surface area contributed by atoms with Crippen molar-refractivity contribution < 1.29 is 4.74 Å². The van der Waals surface area contributed by atoms with E-state index in [1.54, 1.807) is 7.11 Å². The molecule has 0 N–H and O–H groups in total. The van der Waals surface area contributed by atoms with Gasteiger partial charge < -0.3 is 4.74 Å². The first-order chi connectivity index (χ1) is 5.40. The SMILES string of the molecule is COc1ccc2c(c1)C[N]C2. The summed E-state index contributed by atoms with van der Waals surface area (Å²) in [4.78, 5) is 0. The Kier molecular flexibility index (Phi) is 1.55.